The first-order valence-electron chi connectivity index (χ1n) is 9.23. The Morgan fingerprint density at radius 3 is 1.87 bits per heavy atom. The van der Waals surface area contributed by atoms with Crippen LogP contribution in [0.5, 0.6) is 0 Å². The Kier molecular flexibility index (Phi) is 15.0. The molecule has 0 fully saturated rings. The predicted octanol–water partition coefficient (Wildman–Crippen LogP) is 4.06. The van der Waals surface area contributed by atoms with Crippen molar-refractivity contribution in [3.63, 3.8) is 0 Å². The molecule has 0 radical (unpaired) electrons. The van der Waals surface area contributed by atoms with Crippen molar-refractivity contribution in [3.8, 4) is 0 Å². The number of rotatable bonds is 17. The summed E-state index contributed by atoms with van der Waals surface area (Å²) in [4.78, 5) is 21.6. The van der Waals surface area contributed by atoms with Gasteiger partial charge in [0.05, 0.1) is 12.3 Å². The third-order valence-corrected chi connectivity index (χ3v) is 4.16. The van der Waals surface area contributed by atoms with Gasteiger partial charge in [-0.1, -0.05) is 71.1 Å². The fourth-order valence-electron chi connectivity index (χ4n) is 2.66. The van der Waals surface area contributed by atoms with Gasteiger partial charge in [-0.2, -0.15) is 0 Å². The van der Waals surface area contributed by atoms with E-state index in [1.54, 1.807) is 0 Å². The van der Waals surface area contributed by atoms with Crippen LogP contribution in [0, 0.1) is 5.92 Å². The Balaban J connectivity index is 3.50. The molecule has 136 valence electrons. The van der Waals surface area contributed by atoms with Gasteiger partial charge in [0.15, 0.2) is 0 Å². The molecule has 0 spiro atoms. The second-order valence-corrected chi connectivity index (χ2v) is 6.35. The first kappa shape index (κ1) is 21.9. The Hall–Kier alpha value is -1.10. The van der Waals surface area contributed by atoms with Crippen LogP contribution < -0.4 is 5.32 Å². The lowest BCUT2D eigenvalue weighted by Crippen LogP contribution is -2.30. The van der Waals surface area contributed by atoms with Gasteiger partial charge in [-0.15, -0.1) is 0 Å². The van der Waals surface area contributed by atoms with Crippen molar-refractivity contribution >= 4 is 11.9 Å². The lowest BCUT2D eigenvalue weighted by atomic mass is 9.99. The van der Waals surface area contributed by atoms with Crippen LogP contribution in [0.2, 0.25) is 0 Å². The molecule has 0 aliphatic rings. The molecule has 0 aromatic carbocycles. The third kappa shape index (κ3) is 15.6. The number of carboxylic acid groups (broad SMARTS) is 2. The van der Waals surface area contributed by atoms with Crippen molar-refractivity contribution in [1.82, 2.24) is 5.32 Å². The monoisotopic (exact) mass is 329 g/mol. The van der Waals surface area contributed by atoms with Gasteiger partial charge in [0.1, 0.15) is 0 Å². The van der Waals surface area contributed by atoms with Crippen molar-refractivity contribution in [2.75, 3.05) is 13.1 Å². The normalized spacial score (nSPS) is 12.2. The standard InChI is InChI=1S/C18H35NO4/c1-2-3-4-5-6-7-8-9-10-11-12-16(18(22)23)15-19-14-13-17(20)21/h16,19H,2-15H2,1H3,(H,20,21)(H,22,23). The van der Waals surface area contributed by atoms with E-state index in [9.17, 15) is 9.59 Å². The number of nitrogens with one attached hydrogen (secondary N) is 1. The van der Waals surface area contributed by atoms with E-state index < -0.39 is 17.9 Å². The lowest BCUT2D eigenvalue weighted by Gasteiger charge is -2.12. The summed E-state index contributed by atoms with van der Waals surface area (Å²) in [7, 11) is 0. The largest absolute Gasteiger partial charge is 0.481 e. The van der Waals surface area contributed by atoms with Crippen LogP contribution in [0.25, 0.3) is 0 Å². The minimum Gasteiger partial charge on any atom is -0.481 e. The second-order valence-electron chi connectivity index (χ2n) is 6.35. The van der Waals surface area contributed by atoms with Crippen LogP contribution in [-0.4, -0.2) is 35.2 Å². The topological polar surface area (TPSA) is 86.6 Å². The van der Waals surface area contributed by atoms with Crippen molar-refractivity contribution in [3.05, 3.63) is 0 Å². The van der Waals surface area contributed by atoms with E-state index in [1.165, 1.54) is 51.4 Å². The third-order valence-electron chi connectivity index (χ3n) is 4.16. The highest BCUT2D eigenvalue weighted by Gasteiger charge is 2.16. The summed E-state index contributed by atoms with van der Waals surface area (Å²) in [5.74, 6) is -2.05. The van der Waals surface area contributed by atoms with Crippen LogP contribution in [0.1, 0.15) is 84.0 Å². The summed E-state index contributed by atoms with van der Waals surface area (Å²) in [6, 6.07) is 0. The molecule has 0 aromatic heterocycles. The average molecular weight is 329 g/mol. The summed E-state index contributed by atoms with van der Waals surface area (Å²) in [5, 5.41) is 20.6. The molecule has 23 heavy (non-hydrogen) atoms. The fourth-order valence-corrected chi connectivity index (χ4v) is 2.66. The van der Waals surface area contributed by atoms with Crippen LogP contribution in [0.15, 0.2) is 0 Å². The van der Waals surface area contributed by atoms with Gasteiger partial charge in [-0.3, -0.25) is 9.59 Å². The fraction of sp³-hybridized carbons (Fsp3) is 0.889. The van der Waals surface area contributed by atoms with Crippen molar-refractivity contribution in [2.45, 2.75) is 84.0 Å². The van der Waals surface area contributed by atoms with E-state index >= 15 is 0 Å². The summed E-state index contributed by atoms with van der Waals surface area (Å²) in [6.45, 7) is 2.92. The zero-order valence-corrected chi connectivity index (χ0v) is 14.7. The molecule has 0 rings (SSSR count). The summed E-state index contributed by atoms with van der Waals surface area (Å²) < 4.78 is 0. The highest BCUT2D eigenvalue weighted by atomic mass is 16.4. The van der Waals surface area contributed by atoms with E-state index in [2.05, 4.69) is 12.2 Å². The number of hydrogen-bond acceptors (Lipinski definition) is 3. The van der Waals surface area contributed by atoms with Crippen LogP contribution in [0.3, 0.4) is 0 Å². The zero-order valence-electron chi connectivity index (χ0n) is 14.7. The van der Waals surface area contributed by atoms with E-state index in [0.717, 1.165) is 12.8 Å². The highest BCUT2D eigenvalue weighted by Crippen LogP contribution is 2.14. The molecule has 1 unspecified atom stereocenters. The van der Waals surface area contributed by atoms with Crippen molar-refractivity contribution < 1.29 is 19.8 Å². The number of aliphatic carboxylic acids is 2. The van der Waals surface area contributed by atoms with Gasteiger partial charge >= 0.3 is 11.9 Å². The summed E-state index contributed by atoms with van der Waals surface area (Å²) >= 11 is 0. The van der Waals surface area contributed by atoms with Crippen LogP contribution in [-0.2, 0) is 9.59 Å². The molecule has 3 N–H and O–H groups in total. The van der Waals surface area contributed by atoms with Crippen LogP contribution in [0.4, 0.5) is 0 Å². The Labute approximate surface area is 140 Å². The number of hydrogen-bond donors (Lipinski definition) is 3. The van der Waals surface area contributed by atoms with Gasteiger partial charge in [-0.25, -0.2) is 0 Å². The maximum Gasteiger partial charge on any atom is 0.307 e. The molecule has 0 heterocycles. The average Bonchev–Trinajstić information content (AvgIpc) is 2.50. The first-order chi connectivity index (χ1) is 11.1. The highest BCUT2D eigenvalue weighted by molar-refractivity contribution is 5.70. The SMILES string of the molecule is CCCCCCCCCCCCC(CNCCC(=O)O)C(=O)O. The van der Waals surface area contributed by atoms with Crippen LogP contribution >= 0.6 is 0 Å². The van der Waals surface area contributed by atoms with E-state index in [1.807, 2.05) is 0 Å². The first-order valence-corrected chi connectivity index (χ1v) is 9.23. The van der Waals surface area contributed by atoms with Crippen molar-refractivity contribution in [2.24, 2.45) is 5.92 Å². The minimum atomic E-state index is -0.862. The molecular weight excluding hydrogens is 294 g/mol. The van der Waals surface area contributed by atoms with Gasteiger partial charge < -0.3 is 15.5 Å². The maximum atomic E-state index is 11.2. The Morgan fingerprint density at radius 1 is 0.870 bits per heavy atom. The molecule has 0 aliphatic heterocycles. The molecule has 5 nitrogen and oxygen atoms in total. The smallest absolute Gasteiger partial charge is 0.307 e. The van der Waals surface area contributed by atoms with E-state index in [-0.39, 0.29) is 6.42 Å². The van der Waals surface area contributed by atoms with Gasteiger partial charge in [0.2, 0.25) is 0 Å². The molecule has 1 atom stereocenters. The second kappa shape index (κ2) is 15.8. The molecule has 0 saturated heterocycles. The summed E-state index contributed by atoms with van der Waals surface area (Å²) in [6.07, 6.45) is 13.1. The van der Waals surface area contributed by atoms with Gasteiger partial charge in [-0.05, 0) is 6.42 Å². The molecule has 0 amide bonds. The molecular formula is C18H35NO4. The number of carbonyl (C=O) groups is 2. The molecule has 0 saturated carbocycles. The molecule has 5 heteroatoms. The van der Waals surface area contributed by atoms with E-state index in [0.29, 0.717) is 19.5 Å². The van der Waals surface area contributed by atoms with Gasteiger partial charge in [0, 0.05) is 13.1 Å². The minimum absolute atomic E-state index is 0.0323. The lowest BCUT2D eigenvalue weighted by molar-refractivity contribution is -0.141. The van der Waals surface area contributed by atoms with Gasteiger partial charge in [0.25, 0.3) is 0 Å². The predicted molar refractivity (Wildman–Crippen MR) is 92.7 cm³/mol. The molecule has 0 aliphatic carbocycles. The summed E-state index contributed by atoms with van der Waals surface area (Å²) in [5.41, 5.74) is 0. The quantitative estimate of drug-likeness (QED) is 0.350. The zero-order chi connectivity index (χ0) is 17.3. The maximum absolute atomic E-state index is 11.2. The Bertz CT molecular complexity index is 307. The molecule has 0 bridgehead atoms. The Morgan fingerprint density at radius 2 is 1.39 bits per heavy atom. The van der Waals surface area contributed by atoms with Crippen molar-refractivity contribution in [1.29, 1.82) is 0 Å². The van der Waals surface area contributed by atoms with E-state index in [4.69, 9.17) is 10.2 Å². The molecule has 0 aromatic rings. The number of carboxylic acids is 2. The number of unbranched alkanes of at least 4 members (excludes halogenated alkanes) is 9.